The fraction of sp³-hybridized carbons (Fsp3) is 0.500. The molecule has 2 rings (SSSR count). The zero-order chi connectivity index (χ0) is 13.0. The van der Waals surface area contributed by atoms with E-state index in [-0.39, 0.29) is 29.6 Å². The Labute approximate surface area is 125 Å². The summed E-state index contributed by atoms with van der Waals surface area (Å²) in [5, 5.41) is 0.0118. The SMILES string of the molecule is CCC(Sc1ccccc1)C(=O)N1CC[C@@H](N)C1.Cl. The zero-order valence-corrected chi connectivity index (χ0v) is 12.8. The molecule has 19 heavy (non-hydrogen) atoms. The molecule has 0 saturated carbocycles. The van der Waals surface area contributed by atoms with Crippen LogP contribution in [0.1, 0.15) is 19.8 Å². The van der Waals surface area contributed by atoms with Crippen LogP contribution < -0.4 is 5.73 Å². The van der Waals surface area contributed by atoms with Crippen molar-refractivity contribution in [1.82, 2.24) is 4.90 Å². The topological polar surface area (TPSA) is 46.3 Å². The average Bonchev–Trinajstić information content (AvgIpc) is 2.83. The van der Waals surface area contributed by atoms with Crippen LogP contribution in [0.2, 0.25) is 0 Å². The van der Waals surface area contributed by atoms with Gasteiger partial charge in [-0.1, -0.05) is 25.1 Å². The maximum Gasteiger partial charge on any atom is 0.236 e. The number of likely N-dealkylation sites (tertiary alicyclic amines) is 1. The molecule has 0 radical (unpaired) electrons. The van der Waals surface area contributed by atoms with E-state index < -0.39 is 0 Å². The summed E-state index contributed by atoms with van der Waals surface area (Å²) in [7, 11) is 0. The van der Waals surface area contributed by atoms with Crippen LogP contribution in [0.3, 0.4) is 0 Å². The molecule has 1 aromatic rings. The molecule has 0 bridgehead atoms. The van der Waals surface area contributed by atoms with Crippen LogP contribution in [-0.2, 0) is 4.79 Å². The normalized spacial score (nSPS) is 19.9. The summed E-state index contributed by atoms with van der Waals surface area (Å²) in [4.78, 5) is 15.4. The second-order valence-electron chi connectivity index (χ2n) is 4.66. The number of hydrogen-bond acceptors (Lipinski definition) is 3. The molecule has 1 amide bonds. The van der Waals surface area contributed by atoms with Gasteiger partial charge in [0.2, 0.25) is 5.91 Å². The van der Waals surface area contributed by atoms with Gasteiger partial charge in [0.1, 0.15) is 0 Å². The number of nitrogens with zero attached hydrogens (tertiary/aromatic N) is 1. The van der Waals surface area contributed by atoms with Crippen molar-refractivity contribution in [3.05, 3.63) is 30.3 Å². The lowest BCUT2D eigenvalue weighted by Gasteiger charge is -2.22. The summed E-state index contributed by atoms with van der Waals surface area (Å²) in [6.45, 7) is 3.59. The summed E-state index contributed by atoms with van der Waals surface area (Å²) in [5.41, 5.74) is 5.86. The molecular formula is C14H21ClN2OS. The maximum absolute atomic E-state index is 12.4. The number of amides is 1. The fourth-order valence-corrected chi connectivity index (χ4v) is 3.22. The van der Waals surface area contributed by atoms with Crippen LogP contribution in [0.15, 0.2) is 35.2 Å². The van der Waals surface area contributed by atoms with Crippen molar-refractivity contribution in [2.75, 3.05) is 13.1 Å². The molecule has 1 unspecified atom stereocenters. The number of halogens is 1. The number of carbonyl (C=O) groups is 1. The van der Waals surface area contributed by atoms with Crippen LogP contribution in [0, 0.1) is 0 Å². The molecule has 5 heteroatoms. The van der Waals surface area contributed by atoms with Crippen molar-refractivity contribution in [3.8, 4) is 0 Å². The summed E-state index contributed by atoms with van der Waals surface area (Å²) in [6, 6.07) is 10.3. The number of nitrogens with two attached hydrogens (primary N) is 1. The van der Waals surface area contributed by atoms with Crippen LogP contribution in [0.4, 0.5) is 0 Å². The Morgan fingerprint density at radius 2 is 2.16 bits per heavy atom. The Balaban J connectivity index is 0.00000180. The predicted octanol–water partition coefficient (Wildman–Crippen LogP) is 2.54. The van der Waals surface area contributed by atoms with Gasteiger partial charge >= 0.3 is 0 Å². The summed E-state index contributed by atoms with van der Waals surface area (Å²) < 4.78 is 0. The van der Waals surface area contributed by atoms with Crippen molar-refractivity contribution in [3.63, 3.8) is 0 Å². The van der Waals surface area contributed by atoms with Crippen molar-refractivity contribution in [1.29, 1.82) is 0 Å². The van der Waals surface area contributed by atoms with E-state index >= 15 is 0 Å². The first-order valence-electron chi connectivity index (χ1n) is 6.46. The number of rotatable bonds is 4. The van der Waals surface area contributed by atoms with Crippen molar-refractivity contribution < 1.29 is 4.79 Å². The molecule has 1 heterocycles. The van der Waals surface area contributed by atoms with Gasteiger partial charge < -0.3 is 10.6 Å². The highest BCUT2D eigenvalue weighted by Crippen LogP contribution is 2.27. The lowest BCUT2D eigenvalue weighted by molar-refractivity contribution is -0.129. The van der Waals surface area contributed by atoms with Crippen molar-refractivity contribution in [2.24, 2.45) is 5.73 Å². The first kappa shape index (κ1) is 16.3. The van der Waals surface area contributed by atoms with Gasteiger partial charge in [-0.3, -0.25) is 4.79 Å². The summed E-state index contributed by atoms with van der Waals surface area (Å²) >= 11 is 1.65. The minimum absolute atomic E-state index is 0. The molecule has 1 aliphatic heterocycles. The molecule has 0 aliphatic carbocycles. The minimum Gasteiger partial charge on any atom is -0.340 e. The highest BCUT2D eigenvalue weighted by atomic mass is 35.5. The Morgan fingerprint density at radius 1 is 1.47 bits per heavy atom. The molecule has 0 aromatic heterocycles. The molecule has 0 spiro atoms. The lowest BCUT2D eigenvalue weighted by Crippen LogP contribution is -2.37. The second kappa shape index (κ2) is 7.78. The van der Waals surface area contributed by atoms with Crippen LogP contribution in [-0.4, -0.2) is 35.2 Å². The third kappa shape index (κ3) is 4.41. The third-order valence-corrected chi connectivity index (χ3v) is 4.57. The van der Waals surface area contributed by atoms with E-state index in [0.29, 0.717) is 6.54 Å². The largest absolute Gasteiger partial charge is 0.340 e. The number of thioether (sulfide) groups is 1. The molecule has 1 fully saturated rings. The summed E-state index contributed by atoms with van der Waals surface area (Å²) in [6.07, 6.45) is 1.78. The molecule has 1 aliphatic rings. The van der Waals surface area contributed by atoms with E-state index in [1.54, 1.807) is 11.8 Å². The van der Waals surface area contributed by atoms with Crippen LogP contribution in [0.5, 0.6) is 0 Å². The molecular weight excluding hydrogens is 280 g/mol. The monoisotopic (exact) mass is 300 g/mol. The molecule has 1 aromatic carbocycles. The van der Waals surface area contributed by atoms with Crippen LogP contribution in [0.25, 0.3) is 0 Å². The van der Waals surface area contributed by atoms with Gasteiger partial charge in [0, 0.05) is 24.0 Å². The van der Waals surface area contributed by atoms with Gasteiger partial charge in [-0.25, -0.2) is 0 Å². The first-order valence-corrected chi connectivity index (χ1v) is 7.34. The second-order valence-corrected chi connectivity index (χ2v) is 5.94. The molecule has 1 saturated heterocycles. The Morgan fingerprint density at radius 3 is 2.68 bits per heavy atom. The number of benzene rings is 1. The van der Waals surface area contributed by atoms with Gasteiger partial charge in [-0.2, -0.15) is 0 Å². The first-order chi connectivity index (χ1) is 8.70. The van der Waals surface area contributed by atoms with Crippen molar-refractivity contribution >= 4 is 30.1 Å². The van der Waals surface area contributed by atoms with E-state index in [0.717, 1.165) is 24.3 Å². The number of carbonyl (C=O) groups excluding carboxylic acids is 1. The van der Waals surface area contributed by atoms with Gasteiger partial charge in [-0.05, 0) is 25.0 Å². The Hall–Kier alpha value is -0.710. The zero-order valence-electron chi connectivity index (χ0n) is 11.1. The lowest BCUT2D eigenvalue weighted by atomic mass is 10.3. The van der Waals surface area contributed by atoms with Gasteiger partial charge in [0.15, 0.2) is 0 Å². The minimum atomic E-state index is 0. The average molecular weight is 301 g/mol. The molecule has 2 atom stereocenters. The van der Waals surface area contributed by atoms with E-state index in [1.165, 1.54) is 0 Å². The fourth-order valence-electron chi connectivity index (χ4n) is 2.16. The predicted molar refractivity (Wildman–Crippen MR) is 82.8 cm³/mol. The smallest absolute Gasteiger partial charge is 0.236 e. The third-order valence-electron chi connectivity index (χ3n) is 3.20. The van der Waals surface area contributed by atoms with E-state index in [4.69, 9.17) is 5.73 Å². The summed E-state index contributed by atoms with van der Waals surface area (Å²) in [5.74, 6) is 0.235. The quantitative estimate of drug-likeness (QED) is 0.869. The highest BCUT2D eigenvalue weighted by molar-refractivity contribution is 8.00. The van der Waals surface area contributed by atoms with Crippen molar-refractivity contribution in [2.45, 2.75) is 36.0 Å². The molecule has 106 valence electrons. The maximum atomic E-state index is 12.4. The van der Waals surface area contributed by atoms with E-state index in [9.17, 15) is 4.79 Å². The highest BCUT2D eigenvalue weighted by Gasteiger charge is 2.28. The molecule has 2 N–H and O–H groups in total. The van der Waals surface area contributed by atoms with E-state index in [2.05, 4.69) is 19.1 Å². The Bertz CT molecular complexity index is 402. The van der Waals surface area contributed by atoms with Gasteiger partial charge in [0.05, 0.1) is 5.25 Å². The van der Waals surface area contributed by atoms with E-state index in [1.807, 2.05) is 23.1 Å². The van der Waals surface area contributed by atoms with Gasteiger partial charge in [0.25, 0.3) is 0 Å². The number of hydrogen-bond donors (Lipinski definition) is 1. The van der Waals surface area contributed by atoms with Gasteiger partial charge in [-0.15, -0.1) is 24.2 Å². The standard InChI is InChI=1S/C14H20N2OS.ClH/c1-2-13(18-12-6-4-3-5-7-12)14(17)16-9-8-11(15)10-16;/h3-7,11,13H,2,8-10,15H2,1H3;1H/t11-,13?;/m1./s1. The Kier molecular flexibility index (Phi) is 6.69. The molecule has 3 nitrogen and oxygen atoms in total. The van der Waals surface area contributed by atoms with Crippen LogP contribution >= 0.6 is 24.2 Å².